The predicted molar refractivity (Wildman–Crippen MR) is 102 cm³/mol. The highest BCUT2D eigenvalue weighted by Crippen LogP contribution is 2.23. The smallest absolute Gasteiger partial charge is 0.268 e. The first-order valence-corrected chi connectivity index (χ1v) is 8.94. The minimum Gasteiger partial charge on any atom is -0.463 e. The normalized spacial score (nSPS) is 11.1. The molecule has 1 N–H and O–H groups in total. The molecule has 2 aromatic heterocycles. The van der Waals surface area contributed by atoms with Gasteiger partial charge in [0.05, 0.1) is 11.8 Å². The van der Waals surface area contributed by atoms with E-state index in [1.807, 2.05) is 0 Å². The fourth-order valence-electron chi connectivity index (χ4n) is 3.26. The molecule has 1 amide bonds. The van der Waals surface area contributed by atoms with E-state index in [0.717, 1.165) is 11.1 Å². The minimum absolute atomic E-state index is 0.288. The molecule has 0 saturated heterocycles. The van der Waals surface area contributed by atoms with Gasteiger partial charge < -0.3 is 14.3 Å². The van der Waals surface area contributed by atoms with Crippen LogP contribution in [0.15, 0.2) is 71.3 Å². The van der Waals surface area contributed by atoms with Crippen LogP contribution in [0.2, 0.25) is 0 Å². The zero-order chi connectivity index (χ0) is 19.5. The monoisotopic (exact) mass is 380 g/mol. The molecule has 2 aromatic carbocycles. The molecule has 4 rings (SSSR count). The third kappa shape index (κ3) is 3.67. The molecule has 0 spiro atoms. The maximum atomic E-state index is 13.7. The predicted octanol–water partition coefficient (Wildman–Crippen LogP) is 4.53. The standard InChI is InChI=1S/C22H18F2N2O2/c23-17-6-3-4-15(12-17)14-26-19-9-11-28-21(19)13-20(26)22(27)25-10-8-16-5-1-2-7-18(16)24/h1-7,9,11-13H,8,10,14H2,(H,25,27). The van der Waals surface area contributed by atoms with E-state index < -0.39 is 0 Å². The first-order valence-electron chi connectivity index (χ1n) is 8.94. The quantitative estimate of drug-likeness (QED) is 0.534. The van der Waals surface area contributed by atoms with E-state index >= 15 is 0 Å². The molecule has 0 saturated carbocycles. The van der Waals surface area contributed by atoms with Crippen molar-refractivity contribution in [1.82, 2.24) is 9.88 Å². The Morgan fingerprint density at radius 2 is 1.89 bits per heavy atom. The van der Waals surface area contributed by atoms with Gasteiger partial charge in [0, 0.05) is 25.2 Å². The van der Waals surface area contributed by atoms with Crippen LogP contribution in [0, 0.1) is 11.6 Å². The molecule has 0 bridgehead atoms. The number of hydrogen-bond donors (Lipinski definition) is 1. The molecule has 28 heavy (non-hydrogen) atoms. The molecule has 0 aliphatic rings. The highest BCUT2D eigenvalue weighted by molar-refractivity contribution is 5.97. The number of aromatic nitrogens is 1. The third-order valence-corrected chi connectivity index (χ3v) is 4.62. The summed E-state index contributed by atoms with van der Waals surface area (Å²) < 4.78 is 34.4. The number of hydrogen-bond acceptors (Lipinski definition) is 2. The third-order valence-electron chi connectivity index (χ3n) is 4.62. The lowest BCUT2D eigenvalue weighted by atomic mass is 10.1. The maximum absolute atomic E-state index is 13.7. The summed E-state index contributed by atoms with van der Waals surface area (Å²) in [5, 5.41) is 2.82. The van der Waals surface area contributed by atoms with Gasteiger partial charge in [0.2, 0.25) is 0 Å². The highest BCUT2D eigenvalue weighted by atomic mass is 19.1. The summed E-state index contributed by atoms with van der Waals surface area (Å²) >= 11 is 0. The minimum atomic E-state index is -0.330. The summed E-state index contributed by atoms with van der Waals surface area (Å²) in [5.74, 6) is -0.910. The summed E-state index contributed by atoms with van der Waals surface area (Å²) in [7, 11) is 0. The first kappa shape index (κ1) is 18.0. The highest BCUT2D eigenvalue weighted by Gasteiger charge is 2.17. The lowest BCUT2D eigenvalue weighted by molar-refractivity contribution is 0.0945. The van der Waals surface area contributed by atoms with Gasteiger partial charge in [-0.15, -0.1) is 0 Å². The van der Waals surface area contributed by atoms with Crippen LogP contribution >= 0.6 is 0 Å². The Bertz CT molecular complexity index is 1130. The van der Waals surface area contributed by atoms with E-state index in [1.54, 1.807) is 53.3 Å². The number of fused-ring (bicyclic) bond motifs is 1. The van der Waals surface area contributed by atoms with Crippen molar-refractivity contribution in [3.05, 3.63) is 95.4 Å². The second-order valence-electron chi connectivity index (χ2n) is 6.51. The number of carbonyl (C=O) groups excluding carboxylic acids is 1. The molecule has 6 heteroatoms. The van der Waals surface area contributed by atoms with Crippen LogP contribution < -0.4 is 5.32 Å². The average Bonchev–Trinajstić information content (AvgIpc) is 3.26. The van der Waals surface area contributed by atoms with Crippen LogP contribution in [0.5, 0.6) is 0 Å². The van der Waals surface area contributed by atoms with Crippen molar-refractivity contribution in [3.8, 4) is 0 Å². The summed E-state index contributed by atoms with van der Waals surface area (Å²) in [4.78, 5) is 12.7. The van der Waals surface area contributed by atoms with E-state index in [9.17, 15) is 13.6 Å². The van der Waals surface area contributed by atoms with Crippen molar-refractivity contribution >= 4 is 17.0 Å². The number of furan rings is 1. The first-order chi connectivity index (χ1) is 13.6. The number of carbonyl (C=O) groups is 1. The number of rotatable bonds is 6. The number of halogens is 2. The number of benzene rings is 2. The Balaban J connectivity index is 1.53. The van der Waals surface area contributed by atoms with Gasteiger partial charge in [-0.25, -0.2) is 8.78 Å². The van der Waals surface area contributed by atoms with Crippen molar-refractivity contribution in [3.63, 3.8) is 0 Å². The van der Waals surface area contributed by atoms with Crippen LogP contribution in [-0.2, 0) is 13.0 Å². The molecule has 0 unspecified atom stereocenters. The van der Waals surface area contributed by atoms with Crippen LogP contribution in [0.4, 0.5) is 8.78 Å². The van der Waals surface area contributed by atoms with E-state index in [0.29, 0.717) is 36.4 Å². The van der Waals surface area contributed by atoms with Crippen LogP contribution in [-0.4, -0.2) is 17.0 Å². The van der Waals surface area contributed by atoms with E-state index in [-0.39, 0.29) is 17.5 Å². The van der Waals surface area contributed by atoms with Crippen LogP contribution in [0.1, 0.15) is 21.6 Å². The number of nitrogens with one attached hydrogen (secondary N) is 1. The second-order valence-corrected chi connectivity index (χ2v) is 6.51. The molecule has 0 atom stereocenters. The summed E-state index contributed by atoms with van der Waals surface area (Å²) in [6, 6.07) is 16.2. The fourth-order valence-corrected chi connectivity index (χ4v) is 3.26. The van der Waals surface area contributed by atoms with Crippen molar-refractivity contribution in [2.75, 3.05) is 6.54 Å². The van der Waals surface area contributed by atoms with Crippen molar-refractivity contribution in [2.24, 2.45) is 0 Å². The topological polar surface area (TPSA) is 47.2 Å². The second kappa shape index (κ2) is 7.68. The molecule has 4 nitrogen and oxygen atoms in total. The summed E-state index contributed by atoms with van der Waals surface area (Å²) in [5.41, 5.74) is 3.03. The molecular formula is C22H18F2N2O2. The van der Waals surface area contributed by atoms with Gasteiger partial charge in [-0.2, -0.15) is 0 Å². The largest absolute Gasteiger partial charge is 0.463 e. The zero-order valence-corrected chi connectivity index (χ0v) is 15.0. The van der Waals surface area contributed by atoms with Gasteiger partial charge in [-0.1, -0.05) is 30.3 Å². The maximum Gasteiger partial charge on any atom is 0.268 e. The Hall–Kier alpha value is -3.41. The van der Waals surface area contributed by atoms with E-state index in [1.165, 1.54) is 18.2 Å². The van der Waals surface area contributed by atoms with Gasteiger partial charge >= 0.3 is 0 Å². The zero-order valence-electron chi connectivity index (χ0n) is 15.0. The van der Waals surface area contributed by atoms with Crippen LogP contribution in [0.3, 0.4) is 0 Å². The average molecular weight is 380 g/mol. The van der Waals surface area contributed by atoms with Crippen molar-refractivity contribution in [1.29, 1.82) is 0 Å². The lowest BCUT2D eigenvalue weighted by Crippen LogP contribution is -2.28. The molecule has 0 radical (unpaired) electrons. The molecule has 0 aliphatic carbocycles. The Labute approximate surface area is 160 Å². The van der Waals surface area contributed by atoms with Gasteiger partial charge in [0.1, 0.15) is 17.3 Å². The SMILES string of the molecule is O=C(NCCc1ccccc1F)c1cc2occc2n1Cc1cccc(F)c1. The Kier molecular flexibility index (Phi) is 4.93. The number of nitrogens with zero attached hydrogens (tertiary/aromatic N) is 1. The molecule has 2 heterocycles. The number of amides is 1. The molecular weight excluding hydrogens is 362 g/mol. The summed E-state index contributed by atoms with van der Waals surface area (Å²) in [6.07, 6.45) is 1.94. The molecule has 142 valence electrons. The Morgan fingerprint density at radius 3 is 2.71 bits per heavy atom. The van der Waals surface area contributed by atoms with Gasteiger partial charge in [0.25, 0.3) is 5.91 Å². The Morgan fingerprint density at radius 1 is 1.04 bits per heavy atom. The fraction of sp³-hybridized carbons (Fsp3) is 0.136. The van der Waals surface area contributed by atoms with Crippen molar-refractivity contribution in [2.45, 2.75) is 13.0 Å². The van der Waals surface area contributed by atoms with E-state index in [4.69, 9.17) is 4.42 Å². The van der Waals surface area contributed by atoms with Gasteiger partial charge in [-0.05, 0) is 35.7 Å². The van der Waals surface area contributed by atoms with E-state index in [2.05, 4.69) is 5.32 Å². The van der Waals surface area contributed by atoms with Gasteiger partial charge in [-0.3, -0.25) is 4.79 Å². The lowest BCUT2D eigenvalue weighted by Gasteiger charge is -2.11. The van der Waals surface area contributed by atoms with Crippen LogP contribution in [0.25, 0.3) is 11.1 Å². The molecule has 4 aromatic rings. The van der Waals surface area contributed by atoms with Gasteiger partial charge in [0.15, 0.2) is 5.58 Å². The molecule has 0 fully saturated rings. The van der Waals surface area contributed by atoms with Crippen molar-refractivity contribution < 1.29 is 18.0 Å². The molecule has 0 aliphatic heterocycles. The summed E-state index contributed by atoms with van der Waals surface area (Å²) in [6.45, 7) is 0.628.